The third kappa shape index (κ3) is 9.72. The van der Waals surface area contributed by atoms with Gasteiger partial charge in [-0.3, -0.25) is 9.59 Å². The molecule has 0 aromatic rings. The zero-order valence-electron chi connectivity index (χ0n) is 35.9. The quantitative estimate of drug-likeness (QED) is 0.108. The number of hydrogen-bond acceptors (Lipinski definition) is 15. The molecule has 18 atom stereocenters. The Morgan fingerprint density at radius 2 is 1.57 bits per heavy atom. The second-order valence-corrected chi connectivity index (χ2v) is 17.4. The van der Waals surface area contributed by atoms with E-state index in [0.29, 0.717) is 6.42 Å². The van der Waals surface area contributed by atoms with Crippen LogP contribution in [0.1, 0.15) is 94.9 Å². The third-order valence-corrected chi connectivity index (χ3v) is 13.1. The molecule has 0 bridgehead atoms. The lowest BCUT2D eigenvalue weighted by molar-refractivity contribution is -0.336. The van der Waals surface area contributed by atoms with E-state index in [9.17, 15) is 30.0 Å². The van der Waals surface area contributed by atoms with Crippen molar-refractivity contribution in [2.45, 2.75) is 179 Å². The molecule has 324 valence electrons. The minimum atomic E-state index is -2.01. The molecule has 56 heavy (non-hydrogen) atoms. The van der Waals surface area contributed by atoms with E-state index in [1.807, 2.05) is 25.9 Å². The number of aliphatic hydroxyl groups excluding tert-OH is 2. The number of likely N-dealkylation sites (N-methyl/N-ethyl adjacent to an activating group) is 1. The number of rotatable bonds is 10. The van der Waals surface area contributed by atoms with Crippen LogP contribution in [0.3, 0.4) is 0 Å². The Balaban J connectivity index is 2.25. The highest BCUT2D eigenvalue weighted by molar-refractivity contribution is 5.83. The smallest absolute Gasteiger partial charge is 0.311 e. The fraction of sp³-hybridized carbons (Fsp3) is 0.949. The van der Waals surface area contributed by atoms with Gasteiger partial charge < -0.3 is 58.5 Å². The molecule has 4 N–H and O–H groups in total. The molecule has 0 aliphatic carbocycles. The van der Waals surface area contributed by atoms with Gasteiger partial charge in [0.25, 0.3) is 0 Å². The number of cyclic esters (lactones) is 1. The highest BCUT2D eigenvalue weighted by Crippen LogP contribution is 2.44. The van der Waals surface area contributed by atoms with E-state index in [0.717, 1.165) is 0 Å². The SMILES string of the molecule is CC[C@H]1OC(=O)C(C)C(OC2CC(C)(OC)[C@@](O)(CN=[N+]=[N-])C(C)O2)C(C)C(OC2OC(C)CC(N(C)C)C2O)C(C)(OC)CC(C)C(=O)C(C)C(O)C1(C)O. The van der Waals surface area contributed by atoms with Crippen LogP contribution in [0, 0.1) is 23.7 Å². The van der Waals surface area contributed by atoms with Crippen molar-refractivity contribution in [1.29, 1.82) is 0 Å². The number of Topliss-reactive ketones (excluding diaryl/α,β-unsaturated/α-hetero) is 1. The second kappa shape index (κ2) is 18.9. The van der Waals surface area contributed by atoms with Crippen LogP contribution in [0.25, 0.3) is 10.4 Å². The summed E-state index contributed by atoms with van der Waals surface area (Å²) in [6, 6.07) is -0.318. The highest BCUT2D eigenvalue weighted by atomic mass is 16.7. The van der Waals surface area contributed by atoms with Gasteiger partial charge in [-0.25, -0.2) is 0 Å². The van der Waals surface area contributed by atoms with E-state index in [2.05, 4.69) is 10.0 Å². The lowest BCUT2D eigenvalue weighted by atomic mass is 9.73. The molecule has 0 amide bonds. The van der Waals surface area contributed by atoms with E-state index in [-0.39, 0.29) is 43.7 Å². The molecule has 17 heteroatoms. The number of esters is 1. The van der Waals surface area contributed by atoms with Crippen molar-refractivity contribution in [3.05, 3.63) is 10.4 Å². The summed E-state index contributed by atoms with van der Waals surface area (Å²) in [5, 5.41) is 50.2. The Bertz CT molecular complexity index is 1380. The zero-order chi connectivity index (χ0) is 42.7. The summed E-state index contributed by atoms with van der Waals surface area (Å²) >= 11 is 0. The van der Waals surface area contributed by atoms with Crippen molar-refractivity contribution in [2.75, 3.05) is 34.9 Å². The summed E-state index contributed by atoms with van der Waals surface area (Å²) in [5.74, 6) is -4.77. The van der Waals surface area contributed by atoms with Crippen LogP contribution in [0.4, 0.5) is 0 Å². The molecular weight excluding hydrogens is 732 g/mol. The van der Waals surface area contributed by atoms with E-state index < -0.39 is 101 Å². The average Bonchev–Trinajstić information content (AvgIpc) is 3.14. The van der Waals surface area contributed by atoms with E-state index in [1.54, 1.807) is 48.5 Å². The number of aliphatic hydroxyl groups is 4. The molecule has 3 saturated heterocycles. The minimum absolute atomic E-state index is 0.0578. The van der Waals surface area contributed by atoms with E-state index in [4.69, 9.17) is 38.7 Å². The molecule has 0 radical (unpaired) electrons. The Labute approximate surface area is 332 Å². The lowest BCUT2D eigenvalue weighted by Crippen LogP contribution is -2.68. The molecule has 16 unspecified atom stereocenters. The minimum Gasteiger partial charge on any atom is -0.459 e. The largest absolute Gasteiger partial charge is 0.459 e. The van der Waals surface area contributed by atoms with Crippen LogP contribution in [0.5, 0.6) is 0 Å². The zero-order valence-corrected chi connectivity index (χ0v) is 35.9. The third-order valence-electron chi connectivity index (χ3n) is 13.1. The highest BCUT2D eigenvalue weighted by Gasteiger charge is 2.58. The first kappa shape index (κ1) is 48.4. The number of nitrogens with zero attached hydrogens (tertiary/aromatic N) is 4. The maximum Gasteiger partial charge on any atom is 0.311 e. The van der Waals surface area contributed by atoms with E-state index >= 15 is 0 Å². The van der Waals surface area contributed by atoms with Crippen LogP contribution in [-0.4, -0.2) is 156 Å². The number of azide groups is 1. The van der Waals surface area contributed by atoms with E-state index in [1.165, 1.54) is 28.1 Å². The van der Waals surface area contributed by atoms with Gasteiger partial charge in [0, 0.05) is 49.3 Å². The Kier molecular flexibility index (Phi) is 16.4. The van der Waals surface area contributed by atoms with Crippen LogP contribution < -0.4 is 0 Å². The standard InChI is InChI=1S/C39H70N4O13/c1-15-27-38(10,48)32(46)22(4)29(44)20(2)17-36(8,50-13)33(56-35-30(45)26(43(11)12)16-21(3)52-35)23(5)31(24(6)34(47)54-27)55-28-18-37(9,51-14)39(49,19-41-42-40)25(7)53-28/h20-28,30-33,35,45-46,48-49H,15-19H2,1-14H3/t20?,21?,22?,23?,24?,25?,26?,27-,28?,30?,31?,32?,33?,35?,36?,37?,38?,39-/m1/s1. The second-order valence-electron chi connectivity index (χ2n) is 17.4. The Hall–Kier alpha value is -1.99. The maximum atomic E-state index is 14.3. The molecule has 0 spiro atoms. The number of carbonyl (C=O) groups is 2. The van der Waals surface area contributed by atoms with Crippen LogP contribution in [-0.2, 0) is 42.7 Å². The number of carbonyl (C=O) groups excluding carboxylic acids is 2. The van der Waals surface area contributed by atoms with Crippen molar-refractivity contribution in [1.82, 2.24) is 4.90 Å². The fourth-order valence-corrected chi connectivity index (χ4v) is 9.08. The Morgan fingerprint density at radius 3 is 2.11 bits per heavy atom. The molecule has 3 heterocycles. The average molecular weight is 803 g/mol. The molecule has 3 aliphatic rings. The molecular formula is C39H70N4O13. The topological polar surface area (TPSA) is 232 Å². The summed E-state index contributed by atoms with van der Waals surface area (Å²) in [6.45, 7) is 16.3. The normalized spacial score (nSPS) is 47.5. The van der Waals surface area contributed by atoms with Crippen LogP contribution in [0.2, 0.25) is 0 Å². The summed E-state index contributed by atoms with van der Waals surface area (Å²) in [4.78, 5) is 33.1. The molecule has 17 nitrogen and oxygen atoms in total. The predicted molar refractivity (Wildman–Crippen MR) is 204 cm³/mol. The summed E-state index contributed by atoms with van der Waals surface area (Å²) in [6.07, 6.45) is -8.88. The predicted octanol–water partition coefficient (Wildman–Crippen LogP) is 3.12. The Morgan fingerprint density at radius 1 is 0.946 bits per heavy atom. The van der Waals surface area contributed by atoms with Crippen LogP contribution >= 0.6 is 0 Å². The van der Waals surface area contributed by atoms with Crippen molar-refractivity contribution >= 4 is 11.8 Å². The lowest BCUT2D eigenvalue weighted by Gasteiger charge is -2.53. The first-order chi connectivity index (χ1) is 25.9. The van der Waals surface area contributed by atoms with Gasteiger partial charge in [0.15, 0.2) is 12.6 Å². The van der Waals surface area contributed by atoms with Gasteiger partial charge in [0.1, 0.15) is 34.8 Å². The number of ketones is 1. The van der Waals surface area contributed by atoms with Crippen molar-refractivity contribution in [2.24, 2.45) is 28.8 Å². The van der Waals surface area contributed by atoms with Crippen LogP contribution in [0.15, 0.2) is 5.11 Å². The van der Waals surface area contributed by atoms with Crippen molar-refractivity contribution in [3.63, 3.8) is 0 Å². The fourth-order valence-electron chi connectivity index (χ4n) is 9.08. The van der Waals surface area contributed by atoms with Gasteiger partial charge in [-0.05, 0) is 80.4 Å². The van der Waals surface area contributed by atoms with Gasteiger partial charge in [-0.1, -0.05) is 32.8 Å². The molecule has 3 aliphatic heterocycles. The summed E-state index contributed by atoms with van der Waals surface area (Å²) in [5.41, 5.74) is 2.65. The molecule has 0 aromatic carbocycles. The van der Waals surface area contributed by atoms with Crippen molar-refractivity contribution < 1.29 is 63.2 Å². The maximum absolute atomic E-state index is 14.3. The summed E-state index contributed by atoms with van der Waals surface area (Å²) in [7, 11) is 6.62. The number of methoxy groups -OCH3 is 2. The van der Waals surface area contributed by atoms with Gasteiger partial charge in [-0.15, -0.1) is 0 Å². The van der Waals surface area contributed by atoms with Gasteiger partial charge >= 0.3 is 5.97 Å². The first-order valence-corrected chi connectivity index (χ1v) is 19.8. The van der Waals surface area contributed by atoms with Gasteiger partial charge in [-0.2, -0.15) is 0 Å². The molecule has 0 saturated carbocycles. The molecule has 3 fully saturated rings. The number of ether oxygens (including phenoxy) is 7. The van der Waals surface area contributed by atoms with Gasteiger partial charge in [0.05, 0.1) is 48.6 Å². The number of hydrogen-bond donors (Lipinski definition) is 4. The summed E-state index contributed by atoms with van der Waals surface area (Å²) < 4.78 is 44.2. The molecule has 3 rings (SSSR count). The van der Waals surface area contributed by atoms with Crippen molar-refractivity contribution in [3.8, 4) is 0 Å². The molecule has 0 aromatic heterocycles. The monoisotopic (exact) mass is 802 g/mol. The first-order valence-electron chi connectivity index (χ1n) is 19.8. The van der Waals surface area contributed by atoms with Gasteiger partial charge in [0.2, 0.25) is 0 Å².